The van der Waals surface area contributed by atoms with Crippen molar-refractivity contribution < 1.29 is 22.7 Å². The number of fused-ring (bicyclic) bond motifs is 1. The predicted molar refractivity (Wildman–Crippen MR) is 118 cm³/mol. The minimum Gasteiger partial charge on any atom is -0.491 e. The highest BCUT2D eigenvalue weighted by atomic mass is 19.3. The summed E-state index contributed by atoms with van der Waals surface area (Å²) < 4.78 is 39.3. The lowest BCUT2D eigenvalue weighted by Gasteiger charge is -2.14. The van der Waals surface area contributed by atoms with Crippen LogP contribution in [0.15, 0.2) is 53.5 Å². The SMILES string of the molecule is CC(C)Oc1cc(CC(=O)CCC(C)(F)F)cc(-c2cnc3cc(-c4nnco4)ccn23)c1. The number of carbonyl (C=O) groups is 1. The summed E-state index contributed by atoms with van der Waals surface area (Å²) in [5.41, 5.74) is 3.72. The van der Waals surface area contributed by atoms with Gasteiger partial charge in [-0.1, -0.05) is 0 Å². The van der Waals surface area contributed by atoms with Crippen molar-refractivity contribution in [1.29, 1.82) is 0 Å². The molecule has 0 aliphatic heterocycles. The molecule has 7 nitrogen and oxygen atoms in total. The normalized spacial score (nSPS) is 11.9. The summed E-state index contributed by atoms with van der Waals surface area (Å²) >= 11 is 0. The van der Waals surface area contributed by atoms with Crippen molar-refractivity contribution in [3.8, 4) is 28.5 Å². The maximum Gasteiger partial charge on any atom is 0.247 e. The molecule has 0 fully saturated rings. The minimum absolute atomic E-state index is 0.0520. The second-order valence-electron chi connectivity index (χ2n) is 8.35. The van der Waals surface area contributed by atoms with E-state index in [1.807, 2.05) is 48.7 Å². The molecular weight excluding hydrogens is 430 g/mol. The van der Waals surface area contributed by atoms with Gasteiger partial charge in [-0.25, -0.2) is 13.8 Å². The van der Waals surface area contributed by atoms with Crippen molar-refractivity contribution in [1.82, 2.24) is 19.6 Å². The van der Waals surface area contributed by atoms with E-state index in [2.05, 4.69) is 15.2 Å². The lowest BCUT2D eigenvalue weighted by Crippen LogP contribution is -2.13. The van der Waals surface area contributed by atoms with E-state index in [0.29, 0.717) is 22.9 Å². The lowest BCUT2D eigenvalue weighted by atomic mass is 10.0. The molecule has 4 aromatic rings. The van der Waals surface area contributed by atoms with Crippen LogP contribution in [0.25, 0.3) is 28.4 Å². The third-order valence-corrected chi connectivity index (χ3v) is 5.00. The van der Waals surface area contributed by atoms with Crippen LogP contribution in [0.3, 0.4) is 0 Å². The van der Waals surface area contributed by atoms with Gasteiger partial charge in [0.2, 0.25) is 18.2 Å². The summed E-state index contributed by atoms with van der Waals surface area (Å²) in [6, 6.07) is 9.20. The Labute approximate surface area is 189 Å². The number of ketones is 1. The first-order chi connectivity index (χ1) is 15.7. The van der Waals surface area contributed by atoms with E-state index in [-0.39, 0.29) is 24.7 Å². The maximum absolute atomic E-state index is 13.2. The highest BCUT2D eigenvalue weighted by Gasteiger charge is 2.22. The first kappa shape index (κ1) is 22.6. The number of carbonyl (C=O) groups excluding carboxylic acids is 1. The van der Waals surface area contributed by atoms with Gasteiger partial charge in [0.25, 0.3) is 0 Å². The second-order valence-corrected chi connectivity index (χ2v) is 8.35. The van der Waals surface area contributed by atoms with E-state index in [1.165, 1.54) is 6.39 Å². The molecule has 0 spiro atoms. The topological polar surface area (TPSA) is 82.5 Å². The van der Waals surface area contributed by atoms with E-state index in [4.69, 9.17) is 9.15 Å². The van der Waals surface area contributed by atoms with Crippen molar-refractivity contribution in [2.45, 2.75) is 52.1 Å². The van der Waals surface area contributed by atoms with E-state index in [9.17, 15) is 13.6 Å². The van der Waals surface area contributed by atoms with Gasteiger partial charge in [0, 0.05) is 36.6 Å². The molecule has 0 aliphatic rings. The maximum atomic E-state index is 13.2. The number of Topliss-reactive ketones (excluding diaryl/α,β-unsaturated/α-hetero) is 1. The molecule has 0 amide bonds. The predicted octanol–water partition coefficient (Wildman–Crippen LogP) is 5.39. The van der Waals surface area contributed by atoms with E-state index in [0.717, 1.165) is 23.7 Å². The zero-order valence-corrected chi connectivity index (χ0v) is 18.6. The number of rotatable bonds is 9. The molecule has 0 aliphatic carbocycles. The highest BCUT2D eigenvalue weighted by Crippen LogP contribution is 2.30. The average molecular weight is 454 g/mol. The van der Waals surface area contributed by atoms with E-state index >= 15 is 0 Å². The first-order valence-electron chi connectivity index (χ1n) is 10.6. The van der Waals surface area contributed by atoms with Crippen LogP contribution in [0.5, 0.6) is 5.75 Å². The van der Waals surface area contributed by atoms with Gasteiger partial charge in [0.15, 0.2) is 0 Å². The van der Waals surface area contributed by atoms with Crippen LogP contribution < -0.4 is 4.74 Å². The number of imidazole rings is 1. The smallest absolute Gasteiger partial charge is 0.247 e. The summed E-state index contributed by atoms with van der Waals surface area (Å²) in [6.07, 6.45) is 4.18. The number of benzene rings is 1. The van der Waals surface area contributed by atoms with Crippen molar-refractivity contribution in [2.75, 3.05) is 0 Å². The minimum atomic E-state index is -2.86. The van der Waals surface area contributed by atoms with Crippen molar-refractivity contribution in [3.63, 3.8) is 0 Å². The lowest BCUT2D eigenvalue weighted by molar-refractivity contribution is -0.120. The van der Waals surface area contributed by atoms with Crippen LogP contribution in [-0.4, -0.2) is 37.4 Å². The largest absolute Gasteiger partial charge is 0.491 e. The van der Waals surface area contributed by atoms with Crippen LogP contribution >= 0.6 is 0 Å². The average Bonchev–Trinajstić information content (AvgIpc) is 3.40. The zero-order valence-electron chi connectivity index (χ0n) is 18.6. The molecule has 0 bridgehead atoms. The standard InChI is InChI=1S/C24H24F2N4O3/c1-15(2)33-20-10-16(9-19(31)4-6-24(3,25)26)8-18(11-20)21-13-27-22-12-17(5-7-30(21)22)23-29-28-14-32-23/h5,7-8,10-15H,4,6,9H2,1-3H3. The van der Waals surface area contributed by atoms with Gasteiger partial charge in [-0.05, 0) is 56.7 Å². The molecular formula is C24H24F2N4O3. The molecule has 9 heteroatoms. The highest BCUT2D eigenvalue weighted by molar-refractivity contribution is 5.81. The molecule has 3 aromatic heterocycles. The summed E-state index contributed by atoms with van der Waals surface area (Å²) in [7, 11) is 0. The number of alkyl halides is 2. The number of aromatic nitrogens is 4. The Morgan fingerprint density at radius 2 is 2.03 bits per heavy atom. The number of halogens is 2. The van der Waals surface area contributed by atoms with Gasteiger partial charge in [-0.15, -0.1) is 10.2 Å². The molecule has 3 heterocycles. The van der Waals surface area contributed by atoms with E-state index in [1.54, 1.807) is 12.3 Å². The first-order valence-corrected chi connectivity index (χ1v) is 10.6. The summed E-state index contributed by atoms with van der Waals surface area (Å²) in [4.78, 5) is 16.8. The Hall–Kier alpha value is -3.62. The van der Waals surface area contributed by atoms with Gasteiger partial charge in [0.05, 0.1) is 18.0 Å². The number of nitrogens with zero attached hydrogens (tertiary/aromatic N) is 4. The van der Waals surface area contributed by atoms with Crippen molar-refractivity contribution in [2.24, 2.45) is 0 Å². The molecule has 0 N–H and O–H groups in total. The Bertz CT molecular complexity index is 1260. The molecule has 0 radical (unpaired) electrons. The molecule has 0 saturated heterocycles. The molecule has 172 valence electrons. The van der Waals surface area contributed by atoms with Gasteiger partial charge in [-0.3, -0.25) is 9.20 Å². The van der Waals surface area contributed by atoms with Gasteiger partial charge < -0.3 is 9.15 Å². The van der Waals surface area contributed by atoms with Crippen LogP contribution in [0.4, 0.5) is 8.78 Å². The third kappa shape index (κ3) is 5.60. The zero-order chi connectivity index (χ0) is 23.6. The second kappa shape index (κ2) is 9.09. The number of pyridine rings is 1. The van der Waals surface area contributed by atoms with Crippen LogP contribution in [0, 0.1) is 0 Å². The molecule has 0 atom stereocenters. The fourth-order valence-corrected chi connectivity index (χ4v) is 3.55. The van der Waals surface area contributed by atoms with Gasteiger partial charge in [-0.2, -0.15) is 0 Å². The fourth-order valence-electron chi connectivity index (χ4n) is 3.55. The Morgan fingerprint density at radius 3 is 2.73 bits per heavy atom. The molecule has 0 saturated carbocycles. The van der Waals surface area contributed by atoms with Crippen LogP contribution in [-0.2, 0) is 11.2 Å². The molecule has 33 heavy (non-hydrogen) atoms. The van der Waals surface area contributed by atoms with Crippen molar-refractivity contribution >= 4 is 11.4 Å². The summed E-state index contributed by atoms with van der Waals surface area (Å²) in [6.45, 7) is 4.65. The van der Waals surface area contributed by atoms with Crippen LogP contribution in [0.2, 0.25) is 0 Å². The third-order valence-electron chi connectivity index (χ3n) is 5.00. The number of ether oxygens (including phenoxy) is 1. The molecule has 1 aromatic carbocycles. The fraction of sp³-hybridized carbons (Fsp3) is 0.333. The Balaban J connectivity index is 1.66. The van der Waals surface area contributed by atoms with Gasteiger partial charge in [0.1, 0.15) is 17.2 Å². The Morgan fingerprint density at radius 1 is 1.21 bits per heavy atom. The van der Waals surface area contributed by atoms with Gasteiger partial charge >= 0.3 is 0 Å². The number of hydrogen-bond acceptors (Lipinski definition) is 6. The number of hydrogen-bond donors (Lipinski definition) is 0. The van der Waals surface area contributed by atoms with Crippen LogP contribution in [0.1, 0.15) is 39.2 Å². The Kier molecular flexibility index (Phi) is 6.22. The summed E-state index contributed by atoms with van der Waals surface area (Å²) in [5, 5.41) is 7.62. The monoisotopic (exact) mass is 454 g/mol. The van der Waals surface area contributed by atoms with E-state index < -0.39 is 12.3 Å². The quantitative estimate of drug-likeness (QED) is 0.337. The van der Waals surface area contributed by atoms with Crippen molar-refractivity contribution in [3.05, 3.63) is 54.7 Å². The molecule has 0 unspecified atom stereocenters. The molecule has 4 rings (SSSR count). The summed E-state index contributed by atoms with van der Waals surface area (Å²) in [5.74, 6) is -2.11.